The standard InChI is InChI=1S/C45H62N2O9S/c1-5-23-47(44(50)51-7-3)40-30-38(46-56-41-16-10-13-27-52-41)36-28-31(14-8-11-24-48)35(15-9-12-25-49)42-37-29-33(54-32-17-20-34(57-4)21-18-32)19-22-39(37)55-45(40,43(36)42)53-26-6-2/h6,17-22,28-29,31,35,40-43,48-49H,2,5,7-16,23-27,30H2,1,3-4H3. The highest BCUT2D eigenvalue weighted by atomic mass is 32.2. The minimum absolute atomic E-state index is 0.0966. The molecule has 2 heterocycles. The fraction of sp³-hybridized carbons (Fsp3) is 0.600. The lowest BCUT2D eigenvalue weighted by Crippen LogP contribution is -2.70. The van der Waals surface area contributed by atoms with Gasteiger partial charge in [0.1, 0.15) is 23.3 Å². The van der Waals surface area contributed by atoms with E-state index in [0.29, 0.717) is 50.3 Å². The van der Waals surface area contributed by atoms with Crippen LogP contribution in [0.2, 0.25) is 0 Å². The second-order valence-electron chi connectivity index (χ2n) is 15.3. The van der Waals surface area contributed by atoms with Crippen molar-refractivity contribution in [3.63, 3.8) is 0 Å². The van der Waals surface area contributed by atoms with E-state index in [1.165, 1.54) is 0 Å². The fourth-order valence-corrected chi connectivity index (χ4v) is 9.64. The van der Waals surface area contributed by atoms with E-state index in [4.69, 9.17) is 33.7 Å². The molecule has 12 heteroatoms. The van der Waals surface area contributed by atoms with Crippen molar-refractivity contribution < 1.29 is 43.5 Å². The summed E-state index contributed by atoms with van der Waals surface area (Å²) >= 11 is 1.68. The normalized spacial score (nSPS) is 27.0. The van der Waals surface area contributed by atoms with Gasteiger partial charge in [-0.15, -0.1) is 18.3 Å². The second-order valence-corrected chi connectivity index (χ2v) is 16.2. The third-order valence-electron chi connectivity index (χ3n) is 11.7. The molecule has 4 aliphatic rings. The number of fused-ring (bicyclic) bond motifs is 2. The van der Waals surface area contributed by atoms with Gasteiger partial charge in [-0.25, -0.2) is 4.79 Å². The lowest BCUT2D eigenvalue weighted by atomic mass is 9.55. The number of nitrogens with zero attached hydrogens (tertiary/aromatic N) is 2. The van der Waals surface area contributed by atoms with Gasteiger partial charge in [0, 0.05) is 49.0 Å². The number of hydrogen-bond acceptors (Lipinski definition) is 11. The van der Waals surface area contributed by atoms with E-state index < -0.39 is 30.1 Å². The van der Waals surface area contributed by atoms with Gasteiger partial charge >= 0.3 is 6.09 Å². The van der Waals surface area contributed by atoms with Gasteiger partial charge in [-0.2, -0.15) is 0 Å². The molecule has 312 valence electrons. The summed E-state index contributed by atoms with van der Waals surface area (Å²) in [4.78, 5) is 23.2. The number of amides is 1. The zero-order chi connectivity index (χ0) is 40.2. The molecule has 2 aliphatic carbocycles. The topological polar surface area (TPSA) is 129 Å². The van der Waals surface area contributed by atoms with Crippen LogP contribution in [0.3, 0.4) is 0 Å². The zero-order valence-electron chi connectivity index (χ0n) is 33.9. The Bertz CT molecular complexity index is 1680. The quantitative estimate of drug-likeness (QED) is 0.0579. The number of rotatable bonds is 20. The van der Waals surface area contributed by atoms with E-state index in [1.807, 2.05) is 50.2 Å². The average Bonchev–Trinajstić information content (AvgIpc) is 3.23. The lowest BCUT2D eigenvalue weighted by Gasteiger charge is -2.59. The molecule has 6 rings (SSSR count). The number of benzene rings is 2. The van der Waals surface area contributed by atoms with Crippen molar-refractivity contribution in [2.45, 2.75) is 113 Å². The molecule has 1 saturated carbocycles. The van der Waals surface area contributed by atoms with Gasteiger partial charge in [-0.05, 0) is 118 Å². The van der Waals surface area contributed by atoms with Gasteiger partial charge in [-0.3, -0.25) is 4.90 Å². The molecular formula is C45H62N2O9S. The minimum Gasteiger partial charge on any atom is -0.459 e. The molecule has 2 aromatic carbocycles. The molecule has 11 nitrogen and oxygen atoms in total. The molecule has 7 unspecified atom stereocenters. The van der Waals surface area contributed by atoms with Crippen LogP contribution in [0.15, 0.2) is 76.8 Å². The maximum Gasteiger partial charge on any atom is 0.410 e. The van der Waals surface area contributed by atoms with Crippen LogP contribution in [-0.4, -0.2) is 90.9 Å². The fourth-order valence-electron chi connectivity index (χ4n) is 9.23. The highest BCUT2D eigenvalue weighted by Crippen LogP contribution is 2.62. The maximum absolute atomic E-state index is 14.0. The first-order chi connectivity index (χ1) is 27.9. The Labute approximate surface area is 342 Å². The second kappa shape index (κ2) is 20.9. The SMILES string of the molecule is C=CCOC12Oc3ccc(Oc4ccc(SC)cc4)cc3C3C(CCCCO)C(CCCCO)C=C(C(=NOC4CCCCO4)CC1N(CCC)C(=O)OCC)C32. The van der Waals surface area contributed by atoms with Crippen LogP contribution in [-0.2, 0) is 19.0 Å². The molecule has 0 aromatic heterocycles. The van der Waals surface area contributed by atoms with E-state index in [9.17, 15) is 15.0 Å². The van der Waals surface area contributed by atoms with Crippen LogP contribution in [0.25, 0.3) is 0 Å². The number of ether oxygens (including phenoxy) is 5. The summed E-state index contributed by atoms with van der Waals surface area (Å²) in [5.74, 6) is 0.375. The summed E-state index contributed by atoms with van der Waals surface area (Å²) in [7, 11) is 0. The number of aliphatic hydroxyl groups is 2. The van der Waals surface area contributed by atoms with Crippen LogP contribution < -0.4 is 9.47 Å². The first-order valence-electron chi connectivity index (χ1n) is 21.0. The van der Waals surface area contributed by atoms with Gasteiger partial charge in [0.15, 0.2) is 0 Å². The number of aliphatic hydroxyl groups excluding tert-OH is 2. The van der Waals surface area contributed by atoms with E-state index in [0.717, 1.165) is 72.4 Å². The molecule has 0 bridgehead atoms. The van der Waals surface area contributed by atoms with Crippen molar-refractivity contribution in [2.75, 3.05) is 45.8 Å². The summed E-state index contributed by atoms with van der Waals surface area (Å²) in [5.41, 5.74) is 2.72. The molecule has 0 radical (unpaired) electrons. The molecule has 2 N–H and O–H groups in total. The number of oxime groups is 1. The third-order valence-corrected chi connectivity index (χ3v) is 12.4. The van der Waals surface area contributed by atoms with Gasteiger partial charge in [0.2, 0.25) is 12.1 Å². The first-order valence-corrected chi connectivity index (χ1v) is 22.2. The van der Waals surface area contributed by atoms with E-state index in [2.05, 4.69) is 25.0 Å². The van der Waals surface area contributed by atoms with Crippen LogP contribution in [0.5, 0.6) is 17.2 Å². The van der Waals surface area contributed by atoms with Gasteiger partial charge in [-0.1, -0.05) is 37.1 Å². The average molecular weight is 807 g/mol. The summed E-state index contributed by atoms with van der Waals surface area (Å²) in [6, 6.07) is 13.4. The smallest absolute Gasteiger partial charge is 0.410 e. The van der Waals surface area contributed by atoms with Crippen molar-refractivity contribution in [3.05, 3.63) is 72.3 Å². The lowest BCUT2D eigenvalue weighted by molar-refractivity contribution is -0.255. The Kier molecular flexibility index (Phi) is 15.8. The highest BCUT2D eigenvalue weighted by Gasteiger charge is 2.65. The largest absolute Gasteiger partial charge is 0.459 e. The Morgan fingerprint density at radius 2 is 1.82 bits per heavy atom. The Morgan fingerprint density at radius 1 is 1.05 bits per heavy atom. The van der Waals surface area contributed by atoms with Crippen LogP contribution >= 0.6 is 11.8 Å². The van der Waals surface area contributed by atoms with Crippen molar-refractivity contribution in [1.82, 2.24) is 4.90 Å². The number of carbonyl (C=O) groups is 1. The predicted molar refractivity (Wildman–Crippen MR) is 222 cm³/mol. The van der Waals surface area contributed by atoms with E-state index in [-0.39, 0.29) is 44.2 Å². The Morgan fingerprint density at radius 3 is 2.51 bits per heavy atom. The zero-order valence-corrected chi connectivity index (χ0v) is 34.8. The number of thioether (sulfide) groups is 1. The Hall–Kier alpha value is -3.55. The van der Waals surface area contributed by atoms with Crippen molar-refractivity contribution in [2.24, 2.45) is 22.9 Å². The molecule has 2 fully saturated rings. The number of allylic oxidation sites excluding steroid dienone is 1. The number of hydrogen-bond donors (Lipinski definition) is 2. The minimum atomic E-state index is -1.35. The number of unbranched alkanes of at least 4 members (excludes halogenated alkanes) is 2. The van der Waals surface area contributed by atoms with Crippen LogP contribution in [0.1, 0.15) is 96.0 Å². The highest BCUT2D eigenvalue weighted by molar-refractivity contribution is 7.98. The molecule has 57 heavy (non-hydrogen) atoms. The van der Waals surface area contributed by atoms with E-state index in [1.54, 1.807) is 22.7 Å². The molecule has 2 aromatic rings. The molecule has 1 amide bonds. The first kappa shape index (κ1) is 43.0. The van der Waals surface area contributed by atoms with Gasteiger partial charge in [0.25, 0.3) is 0 Å². The maximum atomic E-state index is 14.0. The summed E-state index contributed by atoms with van der Waals surface area (Å²) < 4.78 is 32.5. The molecule has 0 spiro atoms. The molecule has 2 aliphatic heterocycles. The summed E-state index contributed by atoms with van der Waals surface area (Å²) in [6.45, 7) is 9.57. The Balaban J connectivity index is 1.57. The monoisotopic (exact) mass is 806 g/mol. The molecule has 1 saturated heterocycles. The van der Waals surface area contributed by atoms with Crippen LogP contribution in [0.4, 0.5) is 4.79 Å². The summed E-state index contributed by atoms with van der Waals surface area (Å²) in [5, 5.41) is 24.7. The molecule has 7 atom stereocenters. The van der Waals surface area contributed by atoms with Crippen LogP contribution in [0, 0.1) is 17.8 Å². The van der Waals surface area contributed by atoms with E-state index >= 15 is 0 Å². The van der Waals surface area contributed by atoms with Crippen molar-refractivity contribution in [3.8, 4) is 17.2 Å². The molecular weight excluding hydrogens is 745 g/mol. The predicted octanol–water partition coefficient (Wildman–Crippen LogP) is 9.23. The number of carbonyl (C=O) groups excluding carboxylic acids is 1. The van der Waals surface area contributed by atoms with Gasteiger partial charge < -0.3 is 38.7 Å². The summed E-state index contributed by atoms with van der Waals surface area (Å²) in [6.07, 6.45) is 13.7. The van der Waals surface area contributed by atoms with Crippen molar-refractivity contribution in [1.29, 1.82) is 0 Å². The van der Waals surface area contributed by atoms with Gasteiger partial charge in [0.05, 0.1) is 31.5 Å². The third kappa shape index (κ3) is 9.84. The van der Waals surface area contributed by atoms with Crippen molar-refractivity contribution >= 4 is 23.6 Å².